The van der Waals surface area contributed by atoms with Crippen molar-refractivity contribution in [3.05, 3.63) is 214 Å². The first-order chi connectivity index (χ1) is 60.3. The Morgan fingerprint density at radius 3 is 1.07 bits per heavy atom. The zero-order chi connectivity index (χ0) is 83.4. The Morgan fingerprint density at radius 2 is 0.724 bits per heavy atom. The highest BCUT2D eigenvalue weighted by molar-refractivity contribution is 7.11. The van der Waals surface area contributed by atoms with Crippen LogP contribution in [-0.2, 0) is 35.2 Å². The van der Waals surface area contributed by atoms with Crippen LogP contribution in [0.3, 0.4) is 0 Å². The third kappa shape index (κ3) is 17.4. The van der Waals surface area contributed by atoms with Crippen LogP contribution in [-0.4, -0.2) is 169 Å². The van der Waals surface area contributed by atoms with Gasteiger partial charge in [0.05, 0.1) is 108 Å². The van der Waals surface area contributed by atoms with Gasteiger partial charge in [0.15, 0.2) is 57.3 Å². The van der Waals surface area contributed by atoms with Crippen molar-refractivity contribution in [2.45, 2.75) is 76.0 Å². The lowest BCUT2D eigenvalue weighted by atomic mass is 9.94. The van der Waals surface area contributed by atoms with Gasteiger partial charge in [-0.3, -0.25) is 45.4 Å². The summed E-state index contributed by atoms with van der Waals surface area (Å²) in [6.07, 6.45) is 57.6. The smallest absolute Gasteiger partial charge is 0.180 e. The molecule has 0 spiro atoms. The van der Waals surface area contributed by atoms with E-state index in [2.05, 4.69) is 166 Å². The van der Waals surface area contributed by atoms with E-state index in [1.165, 1.54) is 100 Å². The highest BCUT2D eigenvalue weighted by Gasteiger charge is 2.28. The van der Waals surface area contributed by atoms with Crippen LogP contribution >= 0.6 is 57.7 Å². The van der Waals surface area contributed by atoms with E-state index < -0.39 is 0 Å². The van der Waals surface area contributed by atoms with Crippen molar-refractivity contribution in [1.29, 1.82) is 0 Å². The molecule has 1 unspecified atom stereocenters. The Labute approximate surface area is 723 Å². The number of aryl methyl sites for hydroxylation is 5. The first-order valence-electron chi connectivity index (χ1n) is 39.8. The van der Waals surface area contributed by atoms with Gasteiger partial charge in [-0.2, -0.15) is 47.4 Å². The van der Waals surface area contributed by atoms with Gasteiger partial charge in [0.1, 0.15) is 25.0 Å². The van der Waals surface area contributed by atoms with Crippen molar-refractivity contribution < 1.29 is 0 Å². The number of imidazole rings is 5. The average molecular weight is 1740 g/mol. The van der Waals surface area contributed by atoms with Crippen LogP contribution < -0.4 is 37.2 Å². The van der Waals surface area contributed by atoms with E-state index in [1.807, 2.05) is 193 Å². The lowest BCUT2D eigenvalue weighted by molar-refractivity contribution is 0.455. The van der Waals surface area contributed by atoms with Crippen LogP contribution in [0.2, 0.25) is 0 Å². The van der Waals surface area contributed by atoms with Crippen LogP contribution in [0.1, 0.15) is 98.7 Å². The summed E-state index contributed by atoms with van der Waals surface area (Å²) in [5, 5.41) is 49.8. The largest absolute Gasteiger partial charge is 0.328 e. The lowest BCUT2D eigenvalue weighted by Gasteiger charge is -2.22. The maximum absolute atomic E-state index is 4.66. The summed E-state index contributed by atoms with van der Waals surface area (Å²) in [5.41, 5.74) is 18.6. The number of piperidine rings is 2. The van der Waals surface area contributed by atoms with Gasteiger partial charge in [-0.1, -0.05) is 13.8 Å². The minimum Gasteiger partial charge on any atom is -0.328 e. The van der Waals surface area contributed by atoms with E-state index in [-0.39, 0.29) is 0 Å². The first-order valence-corrected chi connectivity index (χ1v) is 43.7. The molecule has 0 aromatic carbocycles. The topological polar surface area (TPSA) is 389 Å². The molecule has 0 amide bonds. The standard InChI is InChI=1S/2C18H20N8S.C16H15N7S.C16H17N7S.C13H11N7S/c1-25-11-13(9-22-25)15-10-21-18-17(20-6-7-26(15)18)23-16-8-14(24-27-16)12-2-4-19-5-3-12;1-25-11-13(8-22-25)15-10-21-17-16(20-5-6-26(15)17)24-18-14(9-23-27-18)12-3-2-4-19-7-12;1-22-9-11(7-19-22)13-8-18-16-15(17-4-5-23(13)16)20-14-6-12(21-24-14)10-2-3-10;1-10(2)12-6-14(24-21-12)20-15-16-18-8-13(23(16)5-4-17-15)11-7-19-22(3)9-11;1-19-8-9(6-16-19)10-7-15-13-12(14-4-5-20(10)13)18-11-2-3-17-21-11/h6-12,19H,2-5H2,1H3,(H,20,23);5-6,8-12,19H,2-4,7H2,1H3,(H,20,24);4-10H,2-3H2,1H3,(H,17,20);4-10H,1-3H3,(H,17,20);2-8H,1H3,(H,14,18). The quantitative estimate of drug-likeness (QED) is 0.0395. The van der Waals surface area contributed by atoms with Crippen LogP contribution in [0, 0.1) is 0 Å². The second-order valence-corrected chi connectivity index (χ2v) is 34.1. The van der Waals surface area contributed by atoms with E-state index in [0.29, 0.717) is 35.3 Å². The molecular weight excluding hydrogens is 1650 g/mol. The van der Waals surface area contributed by atoms with E-state index in [1.54, 1.807) is 60.6 Å². The second kappa shape index (κ2) is 35.1. The SMILES string of the molecule is CC(C)c1cc(Nc2nccn3c(-c4cnn(C)c4)cnc23)sn1.Cn1cc(-c2cnc3c(Nc4cc(C5CC5)ns4)nccn23)cn1.Cn1cc(-c2cnc3c(Nc4cc(C5CCNCC5)ns4)nccn23)cn1.Cn1cc(-c2cnc3c(Nc4ccns4)nccn23)cn1.Cn1cc(-c2cnc3c(Nc4sncc4C4CCCNC4)nccn23)cn1. The van der Waals surface area contributed by atoms with Gasteiger partial charge in [0.2, 0.25) is 0 Å². The number of aromatic nitrogens is 30. The highest BCUT2D eigenvalue weighted by Crippen LogP contribution is 2.42. The fourth-order valence-corrected chi connectivity index (χ4v) is 18.1. The van der Waals surface area contributed by atoms with Crippen molar-refractivity contribution in [1.82, 2.24) is 153 Å². The summed E-state index contributed by atoms with van der Waals surface area (Å²) in [5.74, 6) is 5.72. The van der Waals surface area contributed by atoms with E-state index >= 15 is 0 Å². The molecule has 3 fully saturated rings. The molecule has 0 radical (unpaired) electrons. The fourth-order valence-electron chi connectivity index (χ4n) is 14.7. The van der Waals surface area contributed by atoms with Crippen LogP contribution in [0.25, 0.3) is 84.5 Å². The summed E-state index contributed by atoms with van der Waals surface area (Å²) in [6.45, 7) is 8.50. The average Bonchev–Trinajstić information content (AvgIpc) is 1.68. The molecule has 3 aliphatic rings. The predicted molar refractivity (Wildman–Crippen MR) is 479 cm³/mol. The number of nitrogens with zero attached hydrogens (tertiary/aromatic N) is 30. The Bertz CT molecular complexity index is 6810. The molecule has 1 saturated carbocycles. The van der Waals surface area contributed by atoms with Crippen molar-refractivity contribution in [2.24, 2.45) is 35.2 Å². The summed E-state index contributed by atoms with van der Waals surface area (Å²) in [6, 6.07) is 8.24. The number of hydrogen-bond donors (Lipinski definition) is 7. The number of hydrogen-bond acceptors (Lipinski definition) is 32. The molecular formula is C81H83N37S5. The Morgan fingerprint density at radius 1 is 0.350 bits per heavy atom. The fraction of sp³-hybridized carbons (Fsp3) is 0.259. The predicted octanol–water partition coefficient (Wildman–Crippen LogP) is 14.6. The molecule has 1 atom stereocenters. The molecule has 622 valence electrons. The number of nitrogens with one attached hydrogen (secondary N) is 7. The van der Waals surface area contributed by atoms with Crippen molar-refractivity contribution in [3.63, 3.8) is 0 Å². The van der Waals surface area contributed by atoms with Gasteiger partial charge in [-0.15, -0.1) is 0 Å². The molecule has 22 heterocycles. The normalized spacial score (nSPS) is 14.2. The van der Waals surface area contributed by atoms with Gasteiger partial charge in [0.25, 0.3) is 0 Å². The summed E-state index contributed by atoms with van der Waals surface area (Å²) < 4.78 is 41.1. The molecule has 37 nitrogen and oxygen atoms in total. The Hall–Kier alpha value is -13.8. The summed E-state index contributed by atoms with van der Waals surface area (Å²) >= 11 is 7.25. The number of fused-ring (bicyclic) bond motifs is 5. The third-order valence-corrected chi connectivity index (χ3v) is 24.6. The molecule has 23 rings (SSSR count). The van der Waals surface area contributed by atoms with Gasteiger partial charge < -0.3 is 37.2 Å². The summed E-state index contributed by atoms with van der Waals surface area (Å²) in [4.78, 5) is 45.0. The molecule has 2 aliphatic heterocycles. The Kier molecular flexibility index (Phi) is 22.6. The zero-order valence-electron chi connectivity index (χ0n) is 67.7. The molecule has 20 aromatic heterocycles. The van der Waals surface area contributed by atoms with Crippen molar-refractivity contribution in [3.8, 4) is 56.3 Å². The van der Waals surface area contributed by atoms with Gasteiger partial charge >= 0.3 is 0 Å². The van der Waals surface area contributed by atoms with Gasteiger partial charge in [0, 0.05) is 198 Å². The van der Waals surface area contributed by atoms with Crippen LogP contribution in [0.5, 0.6) is 0 Å². The highest BCUT2D eigenvalue weighted by atomic mass is 32.1. The zero-order valence-corrected chi connectivity index (χ0v) is 71.8. The maximum Gasteiger partial charge on any atom is 0.180 e. The number of anilines is 10. The minimum atomic E-state index is 0.407. The van der Waals surface area contributed by atoms with Crippen LogP contribution in [0.4, 0.5) is 54.1 Å². The minimum absolute atomic E-state index is 0.407. The molecule has 7 N–H and O–H groups in total. The lowest BCUT2D eigenvalue weighted by Crippen LogP contribution is -2.28. The third-order valence-electron chi connectivity index (χ3n) is 21.0. The van der Waals surface area contributed by atoms with E-state index in [0.717, 1.165) is 172 Å². The van der Waals surface area contributed by atoms with E-state index in [4.69, 9.17) is 0 Å². The molecule has 1 aliphatic carbocycles. The van der Waals surface area contributed by atoms with Crippen LogP contribution in [0.15, 0.2) is 192 Å². The molecule has 20 aromatic rings. The Balaban J connectivity index is 0.000000101. The second-order valence-electron chi connectivity index (χ2n) is 30.0. The maximum atomic E-state index is 4.66. The van der Waals surface area contributed by atoms with Crippen molar-refractivity contribution in [2.75, 3.05) is 52.8 Å². The van der Waals surface area contributed by atoms with Crippen molar-refractivity contribution >= 4 is 140 Å². The first kappa shape index (κ1) is 79.0. The van der Waals surface area contributed by atoms with E-state index in [9.17, 15) is 0 Å². The molecule has 123 heavy (non-hydrogen) atoms. The van der Waals surface area contributed by atoms with Gasteiger partial charge in [-0.25, -0.2) is 49.8 Å². The summed E-state index contributed by atoms with van der Waals surface area (Å²) in [7, 11) is 9.52. The molecule has 2 saturated heterocycles. The molecule has 0 bridgehead atoms. The van der Waals surface area contributed by atoms with Gasteiger partial charge in [-0.05, 0) is 146 Å². The number of rotatable bonds is 19. The molecule has 42 heteroatoms. The monoisotopic (exact) mass is 1730 g/mol.